The molecule has 1 unspecified atom stereocenters. The predicted molar refractivity (Wildman–Crippen MR) is 102 cm³/mol. The molecule has 152 valence electrons. The number of benzene rings is 1. The van der Waals surface area contributed by atoms with Crippen LogP contribution in [0.1, 0.15) is 24.7 Å². The van der Waals surface area contributed by atoms with Gasteiger partial charge in [0.25, 0.3) is 5.91 Å². The molecule has 3 N–H and O–H groups in total. The molecule has 0 aliphatic carbocycles. The molecule has 0 spiro atoms. The van der Waals surface area contributed by atoms with E-state index in [4.69, 9.17) is 10.2 Å². The first kappa shape index (κ1) is 20.1. The summed E-state index contributed by atoms with van der Waals surface area (Å²) in [5, 5.41) is 2.58. The van der Waals surface area contributed by atoms with E-state index in [1.165, 1.54) is 18.1 Å². The highest BCUT2D eigenvalue weighted by Gasteiger charge is 2.51. The normalized spacial score (nSPS) is 18.6. The van der Waals surface area contributed by atoms with Crippen molar-refractivity contribution in [3.8, 4) is 0 Å². The van der Waals surface area contributed by atoms with Gasteiger partial charge in [-0.25, -0.2) is 4.79 Å². The van der Waals surface area contributed by atoms with Crippen LogP contribution in [0.3, 0.4) is 0 Å². The van der Waals surface area contributed by atoms with Crippen LogP contribution in [-0.2, 0) is 26.5 Å². The number of nitrogens with one attached hydrogen (secondary N) is 1. The van der Waals surface area contributed by atoms with E-state index in [1.54, 1.807) is 12.1 Å². The Balaban J connectivity index is 1.75. The lowest BCUT2D eigenvalue weighted by Crippen LogP contribution is -2.45. The second-order valence-electron chi connectivity index (χ2n) is 6.94. The Morgan fingerprint density at radius 1 is 1.17 bits per heavy atom. The number of hydrogen-bond acceptors (Lipinski definition) is 5. The summed E-state index contributed by atoms with van der Waals surface area (Å²) in [6.07, 6.45) is 1.38. The average Bonchev–Trinajstić information content (AvgIpc) is 3.30. The zero-order chi connectivity index (χ0) is 21.0. The van der Waals surface area contributed by atoms with Gasteiger partial charge in [-0.2, -0.15) is 0 Å². The van der Waals surface area contributed by atoms with Crippen LogP contribution in [-0.4, -0.2) is 46.6 Å². The SMILES string of the molecule is CC1(c2ccco2)NC(=O)N(CC(=O)N(CCC(N)=O)Cc2ccccc2)C1=O. The molecule has 9 nitrogen and oxygen atoms in total. The molecule has 1 atom stereocenters. The van der Waals surface area contributed by atoms with Crippen molar-refractivity contribution in [2.45, 2.75) is 25.4 Å². The Morgan fingerprint density at radius 2 is 1.90 bits per heavy atom. The number of imide groups is 1. The van der Waals surface area contributed by atoms with Gasteiger partial charge in [-0.3, -0.25) is 19.3 Å². The van der Waals surface area contributed by atoms with Crippen molar-refractivity contribution in [2.75, 3.05) is 13.1 Å². The highest BCUT2D eigenvalue weighted by Crippen LogP contribution is 2.29. The maximum Gasteiger partial charge on any atom is 0.325 e. The number of primary amides is 1. The van der Waals surface area contributed by atoms with Gasteiger partial charge in [0.15, 0.2) is 5.54 Å². The molecule has 29 heavy (non-hydrogen) atoms. The highest BCUT2D eigenvalue weighted by atomic mass is 16.3. The minimum absolute atomic E-state index is 0.0250. The summed E-state index contributed by atoms with van der Waals surface area (Å²) < 4.78 is 5.27. The number of carbonyl (C=O) groups excluding carboxylic acids is 4. The van der Waals surface area contributed by atoms with Crippen LogP contribution in [0.5, 0.6) is 0 Å². The maximum absolute atomic E-state index is 12.9. The largest absolute Gasteiger partial charge is 0.466 e. The second kappa shape index (κ2) is 8.17. The summed E-state index contributed by atoms with van der Waals surface area (Å²) >= 11 is 0. The van der Waals surface area contributed by atoms with Crippen molar-refractivity contribution in [3.05, 3.63) is 60.1 Å². The zero-order valence-corrected chi connectivity index (χ0v) is 16.0. The lowest BCUT2D eigenvalue weighted by atomic mass is 9.99. The number of hydrogen-bond donors (Lipinski definition) is 2. The third-order valence-electron chi connectivity index (χ3n) is 4.78. The first-order valence-electron chi connectivity index (χ1n) is 9.09. The molecule has 1 aliphatic heterocycles. The van der Waals surface area contributed by atoms with E-state index >= 15 is 0 Å². The Morgan fingerprint density at radius 3 is 2.52 bits per heavy atom. The molecular weight excluding hydrogens is 376 g/mol. The standard InChI is InChI=1S/C20H22N4O5/c1-20(15-8-5-11-29-15)18(27)24(19(28)22-20)13-17(26)23(10-9-16(21)25)12-14-6-3-2-4-7-14/h2-8,11H,9-10,12-13H2,1H3,(H2,21,25)(H,22,28). The Hall–Kier alpha value is -3.62. The Labute approximate surface area is 167 Å². The number of urea groups is 1. The fourth-order valence-electron chi connectivity index (χ4n) is 3.15. The molecular formula is C20H22N4O5. The topological polar surface area (TPSA) is 126 Å². The predicted octanol–water partition coefficient (Wildman–Crippen LogP) is 0.951. The third-order valence-corrected chi connectivity index (χ3v) is 4.78. The molecule has 0 radical (unpaired) electrons. The Bertz CT molecular complexity index is 912. The van der Waals surface area contributed by atoms with Gasteiger partial charge in [-0.05, 0) is 24.6 Å². The molecule has 1 aromatic heterocycles. The number of nitrogens with zero attached hydrogens (tertiary/aromatic N) is 2. The van der Waals surface area contributed by atoms with Gasteiger partial charge in [-0.1, -0.05) is 30.3 Å². The summed E-state index contributed by atoms with van der Waals surface area (Å²) in [7, 11) is 0. The van der Waals surface area contributed by atoms with Crippen molar-refractivity contribution in [1.82, 2.24) is 15.1 Å². The average molecular weight is 398 g/mol. The second-order valence-corrected chi connectivity index (χ2v) is 6.94. The van der Waals surface area contributed by atoms with Gasteiger partial charge >= 0.3 is 6.03 Å². The summed E-state index contributed by atoms with van der Waals surface area (Å²) in [5.74, 6) is -1.32. The number of amides is 5. The maximum atomic E-state index is 12.9. The van der Waals surface area contributed by atoms with Gasteiger partial charge in [0.1, 0.15) is 12.3 Å². The van der Waals surface area contributed by atoms with Crippen LogP contribution >= 0.6 is 0 Å². The molecule has 9 heteroatoms. The molecule has 2 heterocycles. The fourth-order valence-corrected chi connectivity index (χ4v) is 3.15. The number of carbonyl (C=O) groups is 4. The quantitative estimate of drug-likeness (QED) is 0.640. The molecule has 3 rings (SSSR count). The molecule has 5 amide bonds. The fraction of sp³-hybridized carbons (Fsp3) is 0.300. The molecule has 0 saturated carbocycles. The third kappa shape index (κ3) is 4.29. The van der Waals surface area contributed by atoms with E-state index in [-0.39, 0.29) is 25.3 Å². The highest BCUT2D eigenvalue weighted by molar-refractivity contribution is 6.08. The van der Waals surface area contributed by atoms with Crippen LogP contribution in [0.4, 0.5) is 4.79 Å². The van der Waals surface area contributed by atoms with Crippen LogP contribution < -0.4 is 11.1 Å². The van der Waals surface area contributed by atoms with Crippen molar-refractivity contribution < 1.29 is 23.6 Å². The van der Waals surface area contributed by atoms with Crippen molar-refractivity contribution in [3.63, 3.8) is 0 Å². The van der Waals surface area contributed by atoms with Crippen LogP contribution in [0.2, 0.25) is 0 Å². The first-order valence-corrected chi connectivity index (χ1v) is 9.09. The summed E-state index contributed by atoms with van der Waals surface area (Å²) in [5.41, 5.74) is 4.69. The molecule has 2 aromatic rings. The lowest BCUT2D eigenvalue weighted by molar-refractivity contribution is -0.139. The van der Waals surface area contributed by atoms with Gasteiger partial charge < -0.3 is 20.4 Å². The summed E-state index contributed by atoms with van der Waals surface area (Å²) in [6, 6.07) is 11.7. The minimum Gasteiger partial charge on any atom is -0.466 e. The van der Waals surface area contributed by atoms with Gasteiger partial charge in [0.05, 0.1) is 6.26 Å². The van der Waals surface area contributed by atoms with Gasteiger partial charge in [0, 0.05) is 19.5 Å². The molecule has 1 aromatic carbocycles. The molecule has 1 saturated heterocycles. The Kier molecular flexibility index (Phi) is 5.67. The summed E-state index contributed by atoms with van der Waals surface area (Å²) in [6.45, 7) is 1.38. The smallest absolute Gasteiger partial charge is 0.325 e. The van der Waals surface area contributed by atoms with E-state index in [0.717, 1.165) is 10.5 Å². The van der Waals surface area contributed by atoms with E-state index in [0.29, 0.717) is 0 Å². The van der Waals surface area contributed by atoms with E-state index in [9.17, 15) is 19.2 Å². The van der Waals surface area contributed by atoms with Crippen LogP contribution in [0.15, 0.2) is 53.1 Å². The number of rotatable bonds is 8. The van der Waals surface area contributed by atoms with E-state index in [1.807, 2.05) is 30.3 Å². The van der Waals surface area contributed by atoms with Crippen molar-refractivity contribution >= 4 is 23.8 Å². The van der Waals surface area contributed by atoms with Crippen LogP contribution in [0.25, 0.3) is 0 Å². The monoisotopic (exact) mass is 398 g/mol. The van der Waals surface area contributed by atoms with Crippen molar-refractivity contribution in [1.29, 1.82) is 0 Å². The minimum atomic E-state index is -1.38. The molecule has 1 fully saturated rings. The number of nitrogens with two attached hydrogens (primary N) is 1. The van der Waals surface area contributed by atoms with Crippen molar-refractivity contribution in [2.24, 2.45) is 5.73 Å². The van der Waals surface area contributed by atoms with E-state index < -0.39 is 35.8 Å². The lowest BCUT2D eigenvalue weighted by Gasteiger charge is -2.25. The molecule has 1 aliphatic rings. The first-order chi connectivity index (χ1) is 13.8. The molecule has 0 bridgehead atoms. The number of furan rings is 1. The van der Waals surface area contributed by atoms with Gasteiger partial charge in [-0.15, -0.1) is 0 Å². The zero-order valence-electron chi connectivity index (χ0n) is 16.0. The van der Waals surface area contributed by atoms with Crippen LogP contribution in [0, 0.1) is 0 Å². The summed E-state index contributed by atoms with van der Waals surface area (Å²) in [4.78, 5) is 51.6. The van der Waals surface area contributed by atoms with Gasteiger partial charge in [0.2, 0.25) is 11.8 Å². The van der Waals surface area contributed by atoms with E-state index in [2.05, 4.69) is 5.32 Å².